The number of allylic oxidation sites excluding steroid dienone is 3. The van der Waals surface area contributed by atoms with Gasteiger partial charge in [-0.05, 0) is 39.6 Å². The van der Waals surface area contributed by atoms with E-state index in [0.29, 0.717) is 12.2 Å². The molecule has 1 heterocycles. The third-order valence-electron chi connectivity index (χ3n) is 4.48. The average molecular weight is 323 g/mol. The second kappa shape index (κ2) is 6.64. The Morgan fingerprint density at radius 1 is 0.800 bits per heavy atom. The predicted molar refractivity (Wildman–Crippen MR) is 102 cm³/mol. The quantitative estimate of drug-likeness (QED) is 0.624. The summed E-state index contributed by atoms with van der Waals surface area (Å²) in [5, 5.41) is 2.46. The third-order valence-corrected chi connectivity index (χ3v) is 4.48. The summed E-state index contributed by atoms with van der Waals surface area (Å²) in [6, 6.07) is 23.2. The Balaban J connectivity index is 1.81. The summed E-state index contributed by atoms with van der Waals surface area (Å²) in [7, 11) is 0. The van der Waals surface area contributed by atoms with Gasteiger partial charge in [-0.3, -0.25) is 0 Å². The molecule has 0 aromatic heterocycles. The van der Waals surface area contributed by atoms with Crippen molar-refractivity contribution < 1.29 is 4.79 Å². The van der Waals surface area contributed by atoms with Crippen LogP contribution in [0.1, 0.15) is 5.56 Å². The zero-order valence-corrected chi connectivity index (χ0v) is 13.7. The molecule has 2 nitrogen and oxygen atoms in total. The summed E-state index contributed by atoms with van der Waals surface area (Å²) >= 11 is 0. The molecule has 120 valence electrons. The SMILES string of the molecule is O=C=C1C=CC=CN1Cc1ccccc1-c1cccc2ccccc12. The number of benzene rings is 3. The number of hydrogen-bond donors (Lipinski definition) is 0. The molecule has 0 saturated heterocycles. The minimum Gasteiger partial charge on any atom is -0.335 e. The molecule has 1 aliphatic heterocycles. The van der Waals surface area contributed by atoms with Gasteiger partial charge in [-0.15, -0.1) is 0 Å². The van der Waals surface area contributed by atoms with Crippen molar-refractivity contribution in [2.45, 2.75) is 6.54 Å². The monoisotopic (exact) mass is 323 g/mol. The molecule has 25 heavy (non-hydrogen) atoms. The lowest BCUT2D eigenvalue weighted by Crippen LogP contribution is -2.17. The molecule has 0 atom stereocenters. The van der Waals surface area contributed by atoms with E-state index < -0.39 is 0 Å². The fourth-order valence-electron chi connectivity index (χ4n) is 3.27. The standard InChI is InChI=1S/C23H17NO/c25-17-20-11-5-6-15-24(20)16-19-9-2-4-13-22(19)23-14-7-10-18-8-1-3-12-21(18)23/h1-15H,16H2. The highest BCUT2D eigenvalue weighted by Crippen LogP contribution is 2.32. The van der Waals surface area contributed by atoms with Crippen LogP contribution < -0.4 is 0 Å². The van der Waals surface area contributed by atoms with Crippen molar-refractivity contribution >= 4 is 16.7 Å². The number of carbonyl (C=O) groups excluding carboxylic acids is 1. The molecule has 0 saturated carbocycles. The molecule has 3 aromatic rings. The van der Waals surface area contributed by atoms with Crippen molar-refractivity contribution in [1.82, 2.24) is 4.90 Å². The highest BCUT2D eigenvalue weighted by molar-refractivity contribution is 5.97. The maximum Gasteiger partial charge on any atom is 0.150 e. The molecule has 0 fully saturated rings. The largest absolute Gasteiger partial charge is 0.335 e. The van der Waals surface area contributed by atoms with Crippen molar-refractivity contribution in [3.05, 3.63) is 102 Å². The van der Waals surface area contributed by atoms with Gasteiger partial charge >= 0.3 is 0 Å². The van der Waals surface area contributed by atoms with Gasteiger partial charge in [-0.2, -0.15) is 0 Å². The van der Waals surface area contributed by atoms with Crippen molar-refractivity contribution in [2.75, 3.05) is 0 Å². The lowest BCUT2D eigenvalue weighted by Gasteiger charge is -2.23. The van der Waals surface area contributed by atoms with Crippen molar-refractivity contribution in [3.63, 3.8) is 0 Å². The third kappa shape index (κ3) is 2.91. The summed E-state index contributed by atoms with van der Waals surface area (Å²) in [6.45, 7) is 0.630. The van der Waals surface area contributed by atoms with Gasteiger partial charge in [0.15, 0.2) is 5.94 Å². The fraction of sp³-hybridized carbons (Fsp3) is 0.0435. The molecule has 3 aromatic carbocycles. The normalized spacial score (nSPS) is 13.3. The van der Waals surface area contributed by atoms with E-state index in [1.165, 1.54) is 27.5 Å². The highest BCUT2D eigenvalue weighted by Gasteiger charge is 2.13. The number of nitrogens with zero attached hydrogens (tertiary/aromatic N) is 1. The minimum absolute atomic E-state index is 0.551. The van der Waals surface area contributed by atoms with E-state index in [0.717, 1.165) is 0 Å². The topological polar surface area (TPSA) is 20.3 Å². The molecular weight excluding hydrogens is 306 g/mol. The number of hydrogen-bond acceptors (Lipinski definition) is 2. The molecular formula is C23H17NO. The zero-order chi connectivity index (χ0) is 17.1. The Morgan fingerprint density at radius 3 is 2.48 bits per heavy atom. The zero-order valence-electron chi connectivity index (χ0n) is 13.7. The summed E-state index contributed by atoms with van der Waals surface area (Å²) in [5.41, 5.74) is 4.12. The lowest BCUT2D eigenvalue weighted by atomic mass is 9.94. The maximum atomic E-state index is 11.2. The first-order chi connectivity index (χ1) is 12.4. The van der Waals surface area contributed by atoms with Gasteiger partial charge in [0.05, 0.1) is 0 Å². The molecule has 0 N–H and O–H groups in total. The maximum absolute atomic E-state index is 11.2. The Kier molecular flexibility index (Phi) is 4.04. The first-order valence-corrected chi connectivity index (χ1v) is 8.29. The van der Waals surface area contributed by atoms with E-state index in [2.05, 4.69) is 60.7 Å². The van der Waals surface area contributed by atoms with Gasteiger partial charge < -0.3 is 4.90 Å². The van der Waals surface area contributed by atoms with Gasteiger partial charge in [0.2, 0.25) is 0 Å². The highest BCUT2D eigenvalue weighted by atomic mass is 16.1. The van der Waals surface area contributed by atoms with Crippen LogP contribution in [-0.2, 0) is 11.3 Å². The molecule has 0 bridgehead atoms. The molecule has 1 aliphatic rings. The van der Waals surface area contributed by atoms with Crippen LogP contribution in [0.2, 0.25) is 0 Å². The van der Waals surface area contributed by atoms with Crippen LogP contribution in [-0.4, -0.2) is 10.8 Å². The Bertz CT molecular complexity index is 1030. The van der Waals surface area contributed by atoms with Gasteiger partial charge in [-0.1, -0.05) is 72.8 Å². The Morgan fingerprint density at radius 2 is 1.56 bits per heavy atom. The first kappa shape index (κ1) is 15.2. The van der Waals surface area contributed by atoms with Gasteiger partial charge in [0.25, 0.3) is 0 Å². The van der Waals surface area contributed by atoms with Crippen LogP contribution in [0.4, 0.5) is 0 Å². The van der Waals surface area contributed by atoms with E-state index in [9.17, 15) is 4.79 Å². The van der Waals surface area contributed by atoms with Crippen molar-refractivity contribution in [1.29, 1.82) is 0 Å². The second-order valence-electron chi connectivity index (χ2n) is 6.00. The smallest absolute Gasteiger partial charge is 0.150 e. The van der Waals surface area contributed by atoms with Crippen LogP contribution in [0.3, 0.4) is 0 Å². The van der Waals surface area contributed by atoms with Crippen LogP contribution in [0.15, 0.2) is 96.9 Å². The molecule has 0 aliphatic carbocycles. The molecule has 4 rings (SSSR count). The minimum atomic E-state index is 0.551. The van der Waals surface area contributed by atoms with Crippen LogP contribution >= 0.6 is 0 Å². The molecule has 0 spiro atoms. The second-order valence-corrected chi connectivity index (χ2v) is 6.00. The number of rotatable bonds is 3. The first-order valence-electron chi connectivity index (χ1n) is 8.29. The van der Waals surface area contributed by atoms with Crippen LogP contribution in [0, 0.1) is 0 Å². The van der Waals surface area contributed by atoms with Crippen molar-refractivity contribution in [3.8, 4) is 11.1 Å². The van der Waals surface area contributed by atoms with E-state index in [1.807, 2.05) is 35.3 Å². The van der Waals surface area contributed by atoms with E-state index >= 15 is 0 Å². The average Bonchev–Trinajstić information content (AvgIpc) is 2.68. The lowest BCUT2D eigenvalue weighted by molar-refractivity contribution is 0.467. The van der Waals surface area contributed by atoms with Gasteiger partial charge in [0.1, 0.15) is 5.70 Å². The van der Waals surface area contributed by atoms with Crippen LogP contribution in [0.5, 0.6) is 0 Å². The van der Waals surface area contributed by atoms with E-state index in [1.54, 1.807) is 6.08 Å². The summed E-state index contributed by atoms with van der Waals surface area (Å²) in [4.78, 5) is 13.1. The molecule has 0 unspecified atom stereocenters. The van der Waals surface area contributed by atoms with Gasteiger partial charge in [-0.25, -0.2) is 4.79 Å². The molecule has 0 amide bonds. The van der Waals surface area contributed by atoms with Crippen molar-refractivity contribution in [2.24, 2.45) is 0 Å². The van der Waals surface area contributed by atoms with Crippen LogP contribution in [0.25, 0.3) is 21.9 Å². The summed E-state index contributed by atoms with van der Waals surface area (Å²) < 4.78 is 0. The number of fused-ring (bicyclic) bond motifs is 1. The Hall–Kier alpha value is -3.35. The predicted octanol–water partition coefficient (Wildman–Crippen LogP) is 5.11. The van der Waals surface area contributed by atoms with Gasteiger partial charge in [0, 0.05) is 12.7 Å². The summed E-state index contributed by atoms with van der Waals surface area (Å²) in [5.74, 6) is 2.02. The van der Waals surface area contributed by atoms with E-state index in [4.69, 9.17) is 0 Å². The molecule has 0 radical (unpaired) electrons. The Labute approximate surface area is 147 Å². The molecule has 2 heteroatoms. The van der Waals surface area contributed by atoms with E-state index in [-0.39, 0.29) is 0 Å². The fourth-order valence-corrected chi connectivity index (χ4v) is 3.27. The summed E-state index contributed by atoms with van der Waals surface area (Å²) in [6.07, 6.45) is 7.49.